The van der Waals surface area contributed by atoms with E-state index in [1.807, 2.05) is 43.0 Å². The van der Waals surface area contributed by atoms with E-state index in [4.69, 9.17) is 4.74 Å². The summed E-state index contributed by atoms with van der Waals surface area (Å²) in [5.41, 5.74) is 1.14. The summed E-state index contributed by atoms with van der Waals surface area (Å²) in [4.78, 5) is 14.6. The molecule has 1 aromatic carbocycles. The summed E-state index contributed by atoms with van der Waals surface area (Å²) < 4.78 is 5.81. The molecule has 2 unspecified atom stereocenters. The van der Waals surface area contributed by atoms with Crippen molar-refractivity contribution >= 4 is 5.91 Å². The maximum absolute atomic E-state index is 12.6. The molecule has 0 aromatic heterocycles. The lowest BCUT2D eigenvalue weighted by atomic mass is 9.99. The lowest BCUT2D eigenvalue weighted by Gasteiger charge is -2.36. The first-order valence-electron chi connectivity index (χ1n) is 7.65. The average molecular weight is 275 g/mol. The highest BCUT2D eigenvalue weighted by atomic mass is 16.5. The van der Waals surface area contributed by atoms with Crippen LogP contribution in [-0.2, 0) is 4.79 Å². The first-order valence-corrected chi connectivity index (χ1v) is 7.65. The van der Waals surface area contributed by atoms with E-state index in [0.717, 1.165) is 37.1 Å². The number of amides is 1. The molecule has 1 aliphatic heterocycles. The highest BCUT2D eigenvalue weighted by Crippen LogP contribution is 2.22. The van der Waals surface area contributed by atoms with E-state index in [-0.39, 0.29) is 5.91 Å². The van der Waals surface area contributed by atoms with E-state index in [2.05, 4.69) is 6.92 Å². The Bertz CT molecular complexity index is 458. The molecular weight excluding hydrogens is 250 g/mol. The van der Waals surface area contributed by atoms with Gasteiger partial charge in [-0.15, -0.1) is 0 Å². The van der Waals surface area contributed by atoms with Crippen LogP contribution in [0, 0.1) is 6.92 Å². The molecule has 20 heavy (non-hydrogen) atoms. The number of ether oxygens (including phenoxy) is 1. The number of hydrogen-bond acceptors (Lipinski definition) is 2. The van der Waals surface area contributed by atoms with Gasteiger partial charge in [-0.05, 0) is 57.2 Å². The Morgan fingerprint density at radius 2 is 2.25 bits per heavy atom. The van der Waals surface area contributed by atoms with Crippen LogP contribution in [0.5, 0.6) is 5.75 Å². The van der Waals surface area contributed by atoms with Gasteiger partial charge >= 0.3 is 0 Å². The first-order chi connectivity index (χ1) is 9.61. The number of piperidine rings is 1. The maximum Gasteiger partial charge on any atom is 0.263 e. The summed E-state index contributed by atoms with van der Waals surface area (Å²) in [7, 11) is 0. The molecule has 1 aromatic rings. The second kappa shape index (κ2) is 6.78. The predicted octanol–water partition coefficient (Wildman–Crippen LogP) is 3.55. The predicted molar refractivity (Wildman–Crippen MR) is 80.9 cm³/mol. The molecule has 1 heterocycles. The third-order valence-corrected chi connectivity index (χ3v) is 4.03. The molecule has 0 bridgehead atoms. The van der Waals surface area contributed by atoms with Gasteiger partial charge in [-0.1, -0.05) is 19.1 Å². The minimum absolute atomic E-state index is 0.123. The van der Waals surface area contributed by atoms with E-state index in [9.17, 15) is 4.79 Å². The number of aryl methyl sites for hydroxylation is 1. The second-order valence-electron chi connectivity index (χ2n) is 5.67. The summed E-state index contributed by atoms with van der Waals surface area (Å²) in [6.45, 7) is 6.91. The van der Waals surface area contributed by atoms with Crippen LogP contribution in [0.3, 0.4) is 0 Å². The van der Waals surface area contributed by atoms with Crippen LogP contribution in [0.1, 0.15) is 45.1 Å². The highest BCUT2D eigenvalue weighted by molar-refractivity contribution is 5.81. The molecule has 0 N–H and O–H groups in total. The van der Waals surface area contributed by atoms with Crippen molar-refractivity contribution in [3.8, 4) is 5.75 Å². The molecule has 1 fully saturated rings. The zero-order chi connectivity index (χ0) is 14.5. The van der Waals surface area contributed by atoms with E-state index in [0.29, 0.717) is 6.04 Å². The third kappa shape index (κ3) is 3.53. The SMILES string of the molecule is CCC1CCCCN1C(=O)C(C)Oc1cccc(C)c1. The minimum atomic E-state index is -0.413. The smallest absolute Gasteiger partial charge is 0.263 e. The van der Waals surface area contributed by atoms with Gasteiger partial charge in [0.1, 0.15) is 5.75 Å². The summed E-state index contributed by atoms with van der Waals surface area (Å²) in [6.07, 6.45) is 4.08. The molecule has 0 radical (unpaired) electrons. The third-order valence-electron chi connectivity index (χ3n) is 4.03. The van der Waals surface area contributed by atoms with Gasteiger partial charge in [-0.2, -0.15) is 0 Å². The van der Waals surface area contributed by atoms with Crippen LogP contribution in [0.2, 0.25) is 0 Å². The number of carbonyl (C=O) groups excluding carboxylic acids is 1. The average Bonchev–Trinajstić information content (AvgIpc) is 2.46. The second-order valence-corrected chi connectivity index (χ2v) is 5.67. The molecule has 3 heteroatoms. The quantitative estimate of drug-likeness (QED) is 0.841. The lowest BCUT2D eigenvalue weighted by molar-refractivity contribution is -0.141. The Kier molecular flexibility index (Phi) is 5.05. The summed E-state index contributed by atoms with van der Waals surface area (Å²) in [5.74, 6) is 0.897. The normalized spacial score (nSPS) is 20.6. The van der Waals surface area contributed by atoms with E-state index in [1.54, 1.807) is 0 Å². The molecule has 1 amide bonds. The largest absolute Gasteiger partial charge is 0.481 e. The van der Waals surface area contributed by atoms with Crippen LogP contribution in [0.15, 0.2) is 24.3 Å². The molecule has 0 spiro atoms. The topological polar surface area (TPSA) is 29.5 Å². The van der Waals surface area contributed by atoms with Gasteiger partial charge in [-0.3, -0.25) is 4.79 Å². The number of rotatable bonds is 4. The zero-order valence-corrected chi connectivity index (χ0v) is 12.8. The van der Waals surface area contributed by atoms with Crippen molar-refractivity contribution in [3.63, 3.8) is 0 Å². The van der Waals surface area contributed by atoms with Gasteiger partial charge in [0.15, 0.2) is 6.10 Å². The van der Waals surface area contributed by atoms with Crippen molar-refractivity contribution in [2.45, 2.75) is 58.6 Å². The van der Waals surface area contributed by atoms with Crippen LogP contribution in [-0.4, -0.2) is 29.5 Å². The zero-order valence-electron chi connectivity index (χ0n) is 12.8. The molecule has 1 saturated heterocycles. The van der Waals surface area contributed by atoms with Crippen LogP contribution in [0.4, 0.5) is 0 Å². The highest BCUT2D eigenvalue weighted by Gasteiger charge is 2.29. The monoisotopic (exact) mass is 275 g/mol. The van der Waals surface area contributed by atoms with E-state index in [1.165, 1.54) is 6.42 Å². The standard InChI is InChI=1S/C17H25NO2/c1-4-15-9-5-6-11-18(15)17(19)14(3)20-16-10-7-8-13(2)12-16/h7-8,10,12,14-15H,4-6,9,11H2,1-3H3. The van der Waals surface area contributed by atoms with Gasteiger partial charge in [0.05, 0.1) is 0 Å². The van der Waals surface area contributed by atoms with Gasteiger partial charge in [0.25, 0.3) is 5.91 Å². The first kappa shape index (κ1) is 14.9. The van der Waals surface area contributed by atoms with Crippen molar-refractivity contribution in [1.82, 2.24) is 4.90 Å². The van der Waals surface area contributed by atoms with E-state index < -0.39 is 6.10 Å². The van der Waals surface area contributed by atoms with Crippen LogP contribution < -0.4 is 4.74 Å². The Labute approximate surface area is 121 Å². The molecule has 0 aliphatic carbocycles. The number of carbonyl (C=O) groups is 1. The van der Waals surface area contributed by atoms with Gasteiger partial charge in [0, 0.05) is 12.6 Å². The Balaban J connectivity index is 2.00. The fourth-order valence-corrected chi connectivity index (χ4v) is 2.89. The molecule has 3 nitrogen and oxygen atoms in total. The Hall–Kier alpha value is -1.51. The molecule has 0 saturated carbocycles. The number of hydrogen-bond donors (Lipinski definition) is 0. The maximum atomic E-state index is 12.6. The summed E-state index contributed by atoms with van der Waals surface area (Å²) in [5, 5.41) is 0. The Morgan fingerprint density at radius 3 is 2.95 bits per heavy atom. The molecular formula is C17H25NO2. The minimum Gasteiger partial charge on any atom is -0.481 e. The number of nitrogens with zero attached hydrogens (tertiary/aromatic N) is 1. The number of likely N-dealkylation sites (tertiary alicyclic amines) is 1. The van der Waals surface area contributed by atoms with Crippen molar-refractivity contribution in [3.05, 3.63) is 29.8 Å². The van der Waals surface area contributed by atoms with Crippen molar-refractivity contribution in [1.29, 1.82) is 0 Å². The number of benzene rings is 1. The summed E-state index contributed by atoms with van der Waals surface area (Å²) >= 11 is 0. The van der Waals surface area contributed by atoms with Crippen molar-refractivity contribution in [2.75, 3.05) is 6.54 Å². The molecule has 110 valence electrons. The summed E-state index contributed by atoms with van der Waals surface area (Å²) in [6, 6.07) is 8.25. The molecule has 1 aliphatic rings. The molecule has 2 rings (SSSR count). The van der Waals surface area contributed by atoms with Crippen LogP contribution in [0.25, 0.3) is 0 Å². The van der Waals surface area contributed by atoms with Gasteiger partial charge < -0.3 is 9.64 Å². The van der Waals surface area contributed by atoms with Gasteiger partial charge in [-0.25, -0.2) is 0 Å². The fourth-order valence-electron chi connectivity index (χ4n) is 2.89. The fraction of sp³-hybridized carbons (Fsp3) is 0.588. The van der Waals surface area contributed by atoms with Crippen molar-refractivity contribution < 1.29 is 9.53 Å². The van der Waals surface area contributed by atoms with Gasteiger partial charge in [0.2, 0.25) is 0 Å². The van der Waals surface area contributed by atoms with Crippen LogP contribution >= 0.6 is 0 Å². The molecule has 2 atom stereocenters. The van der Waals surface area contributed by atoms with Crippen molar-refractivity contribution in [2.24, 2.45) is 0 Å². The lowest BCUT2D eigenvalue weighted by Crippen LogP contribution is -2.48. The Morgan fingerprint density at radius 1 is 1.45 bits per heavy atom. The van der Waals surface area contributed by atoms with E-state index >= 15 is 0 Å².